The van der Waals surface area contributed by atoms with Gasteiger partial charge in [0.25, 0.3) is 0 Å². The van der Waals surface area contributed by atoms with Gasteiger partial charge in [0.15, 0.2) is 0 Å². The van der Waals surface area contributed by atoms with Crippen LogP contribution in [0.4, 0.5) is 0 Å². The van der Waals surface area contributed by atoms with Gasteiger partial charge in [0.05, 0.1) is 5.69 Å². The number of rotatable bonds is 4. The molecule has 21 heavy (non-hydrogen) atoms. The molecule has 0 bridgehead atoms. The first-order valence-electron chi connectivity index (χ1n) is 7.01. The van der Waals surface area contributed by atoms with Gasteiger partial charge in [0.1, 0.15) is 12.3 Å². The topological polar surface area (TPSA) is 39.9 Å². The molecule has 0 unspecified atom stereocenters. The molecule has 0 N–H and O–H groups in total. The fraction of sp³-hybridized carbons (Fsp3) is 0.250. The zero-order valence-electron chi connectivity index (χ0n) is 11.4. The molecular weight excluding hydrogens is 330 g/mol. The molecule has 5 heteroatoms. The Morgan fingerprint density at radius 1 is 1.24 bits per heavy atom. The van der Waals surface area contributed by atoms with Crippen LogP contribution in [0.2, 0.25) is 0 Å². The SMILES string of the molecule is Brc1cn(C2CC2)c2nc(OCc3ccccn3)ccc12. The molecule has 1 saturated carbocycles. The third-order valence-corrected chi connectivity index (χ3v) is 4.27. The van der Waals surface area contributed by atoms with Crippen molar-refractivity contribution in [2.45, 2.75) is 25.5 Å². The van der Waals surface area contributed by atoms with Crippen molar-refractivity contribution >= 4 is 27.0 Å². The van der Waals surface area contributed by atoms with E-state index in [4.69, 9.17) is 4.74 Å². The summed E-state index contributed by atoms with van der Waals surface area (Å²) < 4.78 is 9.10. The Labute approximate surface area is 130 Å². The Hall–Kier alpha value is -1.88. The predicted molar refractivity (Wildman–Crippen MR) is 84.3 cm³/mol. The predicted octanol–water partition coefficient (Wildman–Crippen LogP) is 4.11. The van der Waals surface area contributed by atoms with E-state index in [1.807, 2.05) is 24.3 Å². The van der Waals surface area contributed by atoms with E-state index in [-0.39, 0.29) is 0 Å². The zero-order chi connectivity index (χ0) is 14.2. The van der Waals surface area contributed by atoms with Gasteiger partial charge in [0, 0.05) is 34.4 Å². The number of hydrogen-bond acceptors (Lipinski definition) is 3. The lowest BCUT2D eigenvalue weighted by molar-refractivity contribution is 0.290. The van der Waals surface area contributed by atoms with Crippen LogP contribution in [0.3, 0.4) is 0 Å². The summed E-state index contributed by atoms with van der Waals surface area (Å²) in [6.45, 7) is 0.435. The van der Waals surface area contributed by atoms with E-state index in [1.165, 1.54) is 12.8 Å². The number of ether oxygens (including phenoxy) is 1. The number of hydrogen-bond donors (Lipinski definition) is 0. The van der Waals surface area contributed by atoms with Crippen LogP contribution in [0.5, 0.6) is 5.88 Å². The van der Waals surface area contributed by atoms with Gasteiger partial charge in [-0.3, -0.25) is 4.98 Å². The van der Waals surface area contributed by atoms with Gasteiger partial charge in [-0.25, -0.2) is 0 Å². The quantitative estimate of drug-likeness (QED) is 0.715. The number of nitrogens with zero attached hydrogens (tertiary/aromatic N) is 3. The van der Waals surface area contributed by atoms with E-state index in [2.05, 4.69) is 42.7 Å². The van der Waals surface area contributed by atoms with Crippen molar-refractivity contribution in [3.8, 4) is 5.88 Å². The molecule has 4 nitrogen and oxygen atoms in total. The van der Waals surface area contributed by atoms with Crippen LogP contribution in [-0.2, 0) is 6.61 Å². The van der Waals surface area contributed by atoms with E-state index in [1.54, 1.807) is 6.20 Å². The molecule has 3 heterocycles. The highest BCUT2D eigenvalue weighted by Gasteiger charge is 2.26. The van der Waals surface area contributed by atoms with Crippen molar-refractivity contribution in [2.75, 3.05) is 0 Å². The van der Waals surface area contributed by atoms with Crippen LogP contribution >= 0.6 is 15.9 Å². The molecule has 0 spiro atoms. The largest absolute Gasteiger partial charge is 0.471 e. The second-order valence-corrected chi connectivity index (χ2v) is 6.10. The summed E-state index contributed by atoms with van der Waals surface area (Å²) in [6, 6.07) is 10.4. The summed E-state index contributed by atoms with van der Waals surface area (Å²) in [5, 5.41) is 1.13. The fourth-order valence-electron chi connectivity index (χ4n) is 2.41. The first-order valence-corrected chi connectivity index (χ1v) is 7.80. The van der Waals surface area contributed by atoms with Crippen molar-refractivity contribution < 1.29 is 4.74 Å². The molecule has 1 fully saturated rings. The molecule has 0 saturated heterocycles. The van der Waals surface area contributed by atoms with Gasteiger partial charge in [-0.15, -0.1) is 0 Å². The lowest BCUT2D eigenvalue weighted by atomic mass is 10.3. The molecule has 0 aromatic carbocycles. The van der Waals surface area contributed by atoms with Crippen LogP contribution in [0.1, 0.15) is 24.6 Å². The molecule has 3 aromatic heterocycles. The van der Waals surface area contributed by atoms with E-state index in [0.717, 1.165) is 21.2 Å². The van der Waals surface area contributed by atoms with E-state index in [9.17, 15) is 0 Å². The Morgan fingerprint density at radius 2 is 2.14 bits per heavy atom. The maximum Gasteiger partial charge on any atom is 0.215 e. The molecule has 1 aliphatic carbocycles. The molecule has 0 amide bonds. The molecule has 106 valence electrons. The van der Waals surface area contributed by atoms with Crippen molar-refractivity contribution in [3.63, 3.8) is 0 Å². The normalized spacial score (nSPS) is 14.5. The average Bonchev–Trinajstić information content (AvgIpc) is 3.31. The summed E-state index contributed by atoms with van der Waals surface area (Å²) >= 11 is 3.60. The standard InChI is InChI=1S/C16H14BrN3O/c17-14-9-20(12-4-5-12)16-13(14)6-7-15(19-16)21-10-11-3-1-2-8-18-11/h1-3,6-9,12H,4-5,10H2. The van der Waals surface area contributed by atoms with Crippen molar-refractivity contribution in [1.82, 2.24) is 14.5 Å². The van der Waals surface area contributed by atoms with Crippen LogP contribution in [0.15, 0.2) is 47.2 Å². The maximum absolute atomic E-state index is 5.76. The lowest BCUT2D eigenvalue weighted by Crippen LogP contribution is -2.00. The minimum atomic E-state index is 0.435. The van der Waals surface area contributed by atoms with Gasteiger partial charge in [0.2, 0.25) is 5.88 Å². The number of aromatic nitrogens is 3. The minimum absolute atomic E-state index is 0.435. The molecule has 1 aliphatic rings. The van der Waals surface area contributed by atoms with E-state index in [0.29, 0.717) is 18.5 Å². The van der Waals surface area contributed by atoms with Gasteiger partial charge in [-0.2, -0.15) is 4.98 Å². The van der Waals surface area contributed by atoms with Crippen LogP contribution in [0, 0.1) is 0 Å². The molecule has 4 rings (SSSR count). The van der Waals surface area contributed by atoms with Gasteiger partial charge in [-0.1, -0.05) is 6.07 Å². The lowest BCUT2D eigenvalue weighted by Gasteiger charge is -2.06. The van der Waals surface area contributed by atoms with Gasteiger partial charge >= 0.3 is 0 Å². The highest BCUT2D eigenvalue weighted by Crippen LogP contribution is 2.40. The van der Waals surface area contributed by atoms with E-state index >= 15 is 0 Å². The zero-order valence-corrected chi connectivity index (χ0v) is 13.0. The first-order chi connectivity index (χ1) is 10.3. The number of halogens is 1. The van der Waals surface area contributed by atoms with Gasteiger partial charge in [-0.05, 0) is 47.0 Å². The molecule has 0 aliphatic heterocycles. The molecule has 3 aromatic rings. The minimum Gasteiger partial charge on any atom is -0.471 e. The Bertz CT molecular complexity index is 781. The monoisotopic (exact) mass is 343 g/mol. The summed E-state index contributed by atoms with van der Waals surface area (Å²) in [5.41, 5.74) is 1.89. The second-order valence-electron chi connectivity index (χ2n) is 5.25. The van der Waals surface area contributed by atoms with Crippen molar-refractivity contribution in [1.29, 1.82) is 0 Å². The Kier molecular flexibility index (Phi) is 3.15. The third kappa shape index (κ3) is 2.53. The summed E-state index contributed by atoms with van der Waals surface area (Å²) in [7, 11) is 0. The van der Waals surface area contributed by atoms with E-state index < -0.39 is 0 Å². The summed E-state index contributed by atoms with van der Waals surface area (Å²) in [4.78, 5) is 8.91. The summed E-state index contributed by atoms with van der Waals surface area (Å²) in [6.07, 6.45) is 6.36. The highest BCUT2D eigenvalue weighted by molar-refractivity contribution is 9.10. The maximum atomic E-state index is 5.76. The fourth-order valence-corrected chi connectivity index (χ4v) is 2.94. The molecular formula is C16H14BrN3O. The van der Waals surface area contributed by atoms with Crippen molar-refractivity contribution in [3.05, 3.63) is 52.9 Å². The van der Waals surface area contributed by atoms with Crippen LogP contribution < -0.4 is 4.74 Å². The number of pyridine rings is 2. The smallest absolute Gasteiger partial charge is 0.215 e. The molecule has 0 atom stereocenters. The molecule has 0 radical (unpaired) electrons. The summed E-state index contributed by atoms with van der Waals surface area (Å²) in [5.74, 6) is 0.639. The van der Waals surface area contributed by atoms with Crippen LogP contribution in [-0.4, -0.2) is 14.5 Å². The average molecular weight is 344 g/mol. The number of fused-ring (bicyclic) bond motifs is 1. The Balaban J connectivity index is 1.62. The Morgan fingerprint density at radius 3 is 2.90 bits per heavy atom. The van der Waals surface area contributed by atoms with Crippen LogP contribution in [0.25, 0.3) is 11.0 Å². The first kappa shape index (κ1) is 12.8. The highest BCUT2D eigenvalue weighted by atomic mass is 79.9. The third-order valence-electron chi connectivity index (χ3n) is 3.64. The van der Waals surface area contributed by atoms with Crippen molar-refractivity contribution in [2.24, 2.45) is 0 Å². The van der Waals surface area contributed by atoms with Gasteiger partial charge < -0.3 is 9.30 Å². The second kappa shape index (κ2) is 5.15.